The van der Waals surface area contributed by atoms with Crippen molar-refractivity contribution in [2.24, 2.45) is 0 Å². The Labute approximate surface area is 120 Å². The van der Waals surface area contributed by atoms with Crippen molar-refractivity contribution in [3.8, 4) is 0 Å². The van der Waals surface area contributed by atoms with Gasteiger partial charge in [0, 0.05) is 12.1 Å². The third-order valence-corrected chi connectivity index (χ3v) is 3.33. The second-order valence-corrected chi connectivity index (χ2v) is 4.84. The minimum atomic E-state index is -0.480. The van der Waals surface area contributed by atoms with Gasteiger partial charge < -0.3 is 9.73 Å². The molecule has 0 radical (unpaired) electrons. The Balaban J connectivity index is 1.75. The van der Waals surface area contributed by atoms with Crippen LogP contribution < -0.4 is 11.1 Å². The van der Waals surface area contributed by atoms with E-state index in [1.54, 1.807) is 18.2 Å². The highest BCUT2D eigenvalue weighted by molar-refractivity contribution is 5.95. The number of benzene rings is 2. The number of carbonyl (C=O) groups is 1. The van der Waals surface area contributed by atoms with Crippen molar-refractivity contribution >= 4 is 17.0 Å². The molecule has 0 atom stereocenters. The number of aromatic amines is 1. The van der Waals surface area contributed by atoms with Gasteiger partial charge >= 0.3 is 5.76 Å². The summed E-state index contributed by atoms with van der Waals surface area (Å²) >= 11 is 0. The van der Waals surface area contributed by atoms with E-state index in [2.05, 4.69) is 10.3 Å². The van der Waals surface area contributed by atoms with Gasteiger partial charge in [-0.1, -0.05) is 24.3 Å². The molecule has 0 saturated carbocycles. The number of nitrogens with one attached hydrogen (secondary N) is 2. The van der Waals surface area contributed by atoms with Gasteiger partial charge in [-0.15, -0.1) is 0 Å². The molecule has 1 amide bonds. The number of hydrogen-bond acceptors (Lipinski definition) is 3. The number of aromatic nitrogens is 1. The number of rotatable bonds is 3. The lowest BCUT2D eigenvalue weighted by Crippen LogP contribution is -2.23. The summed E-state index contributed by atoms with van der Waals surface area (Å²) in [6, 6.07) is 12.8. The van der Waals surface area contributed by atoms with Crippen molar-refractivity contribution < 1.29 is 9.21 Å². The molecule has 21 heavy (non-hydrogen) atoms. The standard InChI is InChI=1S/C16H14N2O3/c1-10-4-2-3-5-12(10)15(19)17-9-11-6-7-13-14(8-11)21-16(20)18-13/h2-8H,9H2,1H3,(H,17,19)(H,18,20). The van der Waals surface area contributed by atoms with E-state index in [4.69, 9.17) is 4.42 Å². The van der Waals surface area contributed by atoms with E-state index in [-0.39, 0.29) is 5.91 Å². The van der Waals surface area contributed by atoms with Gasteiger partial charge in [0.25, 0.3) is 5.91 Å². The number of hydrogen-bond donors (Lipinski definition) is 2. The van der Waals surface area contributed by atoms with E-state index in [9.17, 15) is 9.59 Å². The van der Waals surface area contributed by atoms with Crippen LogP contribution in [0.3, 0.4) is 0 Å². The summed E-state index contributed by atoms with van der Waals surface area (Å²) < 4.78 is 5.00. The van der Waals surface area contributed by atoms with Gasteiger partial charge in [-0.05, 0) is 36.2 Å². The molecular formula is C16H14N2O3. The summed E-state index contributed by atoms with van der Waals surface area (Å²) in [7, 11) is 0. The molecule has 5 nitrogen and oxygen atoms in total. The maximum absolute atomic E-state index is 12.1. The zero-order valence-corrected chi connectivity index (χ0v) is 11.5. The maximum Gasteiger partial charge on any atom is 0.417 e. The van der Waals surface area contributed by atoms with Crippen LogP contribution in [-0.2, 0) is 6.54 Å². The third kappa shape index (κ3) is 2.72. The van der Waals surface area contributed by atoms with Crippen LogP contribution in [0.1, 0.15) is 21.5 Å². The van der Waals surface area contributed by atoms with Gasteiger partial charge in [-0.25, -0.2) is 4.79 Å². The van der Waals surface area contributed by atoms with Gasteiger partial charge in [0.15, 0.2) is 5.58 Å². The first kappa shape index (κ1) is 13.2. The number of fused-ring (bicyclic) bond motifs is 1. The van der Waals surface area contributed by atoms with Crippen molar-refractivity contribution in [2.45, 2.75) is 13.5 Å². The van der Waals surface area contributed by atoms with Crippen LogP contribution in [0.2, 0.25) is 0 Å². The molecule has 0 saturated heterocycles. The molecule has 2 N–H and O–H groups in total. The molecule has 2 aromatic carbocycles. The summed E-state index contributed by atoms with van der Waals surface area (Å²) in [5.41, 5.74) is 3.60. The molecule has 3 aromatic rings. The Morgan fingerprint density at radius 3 is 2.86 bits per heavy atom. The van der Waals surface area contributed by atoms with E-state index >= 15 is 0 Å². The molecule has 106 valence electrons. The fourth-order valence-electron chi connectivity index (χ4n) is 2.20. The van der Waals surface area contributed by atoms with Crippen molar-refractivity contribution in [1.82, 2.24) is 10.3 Å². The second-order valence-electron chi connectivity index (χ2n) is 4.84. The van der Waals surface area contributed by atoms with E-state index in [1.807, 2.05) is 31.2 Å². The highest BCUT2D eigenvalue weighted by atomic mass is 16.4. The average Bonchev–Trinajstić information content (AvgIpc) is 2.84. The predicted molar refractivity (Wildman–Crippen MR) is 79.2 cm³/mol. The van der Waals surface area contributed by atoms with Crippen molar-refractivity contribution in [3.05, 3.63) is 69.7 Å². The van der Waals surface area contributed by atoms with Crippen LogP contribution in [0.15, 0.2) is 51.7 Å². The lowest BCUT2D eigenvalue weighted by molar-refractivity contribution is 0.0950. The number of H-pyrrole nitrogens is 1. The molecule has 3 rings (SSSR count). The first-order valence-electron chi connectivity index (χ1n) is 6.59. The quantitative estimate of drug-likeness (QED) is 0.774. The fraction of sp³-hybridized carbons (Fsp3) is 0.125. The highest BCUT2D eigenvalue weighted by Gasteiger charge is 2.08. The molecular weight excluding hydrogens is 268 g/mol. The largest absolute Gasteiger partial charge is 0.417 e. The van der Waals surface area contributed by atoms with Crippen LogP contribution in [0.25, 0.3) is 11.1 Å². The molecule has 0 unspecified atom stereocenters. The van der Waals surface area contributed by atoms with Crippen LogP contribution in [0.5, 0.6) is 0 Å². The van der Waals surface area contributed by atoms with Crippen LogP contribution >= 0.6 is 0 Å². The van der Waals surface area contributed by atoms with Gasteiger partial charge in [-0.3, -0.25) is 9.78 Å². The number of amides is 1. The molecule has 0 bridgehead atoms. The zero-order valence-electron chi connectivity index (χ0n) is 11.5. The second kappa shape index (κ2) is 5.28. The molecule has 5 heteroatoms. The molecule has 0 aliphatic rings. The van der Waals surface area contributed by atoms with E-state index in [0.717, 1.165) is 11.1 Å². The van der Waals surface area contributed by atoms with Crippen molar-refractivity contribution in [2.75, 3.05) is 0 Å². The van der Waals surface area contributed by atoms with Crippen LogP contribution in [0.4, 0.5) is 0 Å². The topological polar surface area (TPSA) is 75.1 Å². The van der Waals surface area contributed by atoms with Crippen LogP contribution in [-0.4, -0.2) is 10.9 Å². The first-order valence-corrected chi connectivity index (χ1v) is 6.59. The SMILES string of the molecule is Cc1ccccc1C(=O)NCc1ccc2[nH]c(=O)oc2c1. The maximum atomic E-state index is 12.1. The Bertz CT molecular complexity index is 861. The lowest BCUT2D eigenvalue weighted by atomic mass is 10.1. The molecule has 1 aromatic heterocycles. The average molecular weight is 282 g/mol. The fourth-order valence-corrected chi connectivity index (χ4v) is 2.20. The minimum absolute atomic E-state index is 0.122. The Hall–Kier alpha value is -2.82. The summed E-state index contributed by atoms with van der Waals surface area (Å²) in [6.07, 6.45) is 0. The number of aryl methyl sites for hydroxylation is 1. The van der Waals surface area contributed by atoms with Crippen molar-refractivity contribution in [1.29, 1.82) is 0 Å². The summed E-state index contributed by atoms with van der Waals surface area (Å²) in [5.74, 6) is -0.602. The van der Waals surface area contributed by atoms with Crippen LogP contribution in [0, 0.1) is 6.92 Å². The number of carbonyl (C=O) groups excluding carboxylic acids is 1. The van der Waals surface area contributed by atoms with E-state index in [1.165, 1.54) is 0 Å². The summed E-state index contributed by atoms with van der Waals surface area (Å²) in [4.78, 5) is 25.8. The molecule has 0 aliphatic heterocycles. The summed E-state index contributed by atoms with van der Waals surface area (Å²) in [6.45, 7) is 2.27. The van der Waals surface area contributed by atoms with Gasteiger partial charge in [0.1, 0.15) is 0 Å². The predicted octanol–water partition coefficient (Wildman–Crippen LogP) is 2.36. The smallest absolute Gasteiger partial charge is 0.408 e. The normalized spacial score (nSPS) is 10.7. The minimum Gasteiger partial charge on any atom is -0.408 e. The first-order chi connectivity index (χ1) is 10.1. The lowest BCUT2D eigenvalue weighted by Gasteiger charge is -2.07. The number of oxazole rings is 1. The van der Waals surface area contributed by atoms with Gasteiger partial charge in [0.2, 0.25) is 0 Å². The van der Waals surface area contributed by atoms with E-state index in [0.29, 0.717) is 23.2 Å². The van der Waals surface area contributed by atoms with Crippen molar-refractivity contribution in [3.63, 3.8) is 0 Å². The van der Waals surface area contributed by atoms with Gasteiger partial charge in [-0.2, -0.15) is 0 Å². The monoisotopic (exact) mass is 282 g/mol. The zero-order chi connectivity index (χ0) is 14.8. The Morgan fingerprint density at radius 2 is 2.05 bits per heavy atom. The molecule has 0 fully saturated rings. The molecule has 0 spiro atoms. The molecule has 0 aliphatic carbocycles. The highest BCUT2D eigenvalue weighted by Crippen LogP contribution is 2.13. The Kier molecular flexibility index (Phi) is 3.31. The third-order valence-electron chi connectivity index (χ3n) is 3.33. The Morgan fingerprint density at radius 1 is 1.24 bits per heavy atom. The van der Waals surface area contributed by atoms with Gasteiger partial charge in [0.05, 0.1) is 5.52 Å². The summed E-state index contributed by atoms with van der Waals surface area (Å²) in [5, 5.41) is 2.86. The van der Waals surface area contributed by atoms with E-state index < -0.39 is 5.76 Å². The molecule has 1 heterocycles.